The minimum atomic E-state index is -0.215. The molecule has 1 aliphatic heterocycles. The molecule has 1 fully saturated rings. The van der Waals surface area contributed by atoms with Gasteiger partial charge in [-0.1, -0.05) is 19.1 Å². The average molecular weight is 243 g/mol. The molecule has 0 N–H and O–H groups in total. The minimum absolute atomic E-state index is 0.0584. The summed E-state index contributed by atoms with van der Waals surface area (Å²) in [4.78, 5) is 0. The smallest absolute Gasteiger partial charge is 0.123 e. The van der Waals surface area contributed by atoms with Gasteiger partial charge >= 0.3 is 0 Å². The maximum atomic E-state index is 13.2. The van der Waals surface area contributed by atoms with Gasteiger partial charge in [0.25, 0.3) is 0 Å². The lowest BCUT2D eigenvalue weighted by atomic mass is 9.87. The second-order valence-corrected chi connectivity index (χ2v) is 4.78. The summed E-state index contributed by atoms with van der Waals surface area (Å²) < 4.78 is 18.9. The molecule has 2 rings (SSSR count). The fraction of sp³-hybridized carbons (Fsp3) is 0.538. The van der Waals surface area contributed by atoms with E-state index in [4.69, 9.17) is 16.3 Å². The largest absolute Gasteiger partial charge is 0.373 e. The summed E-state index contributed by atoms with van der Waals surface area (Å²) in [5.41, 5.74) is 0.900. The topological polar surface area (TPSA) is 9.23 Å². The maximum Gasteiger partial charge on any atom is 0.123 e. The van der Waals surface area contributed by atoms with Crippen molar-refractivity contribution in [2.45, 2.75) is 31.2 Å². The van der Waals surface area contributed by atoms with Gasteiger partial charge in [-0.05, 0) is 30.5 Å². The third kappa shape index (κ3) is 2.38. The molecule has 1 heterocycles. The SMILES string of the molecule is CC[C@H]1[C@H](Cl)CCO[C@@H]1c1cccc(F)c1. The van der Waals surface area contributed by atoms with Gasteiger partial charge in [-0.25, -0.2) is 4.39 Å². The van der Waals surface area contributed by atoms with Crippen molar-refractivity contribution in [3.8, 4) is 0 Å². The Morgan fingerprint density at radius 1 is 1.50 bits per heavy atom. The summed E-state index contributed by atoms with van der Waals surface area (Å²) >= 11 is 6.29. The van der Waals surface area contributed by atoms with E-state index in [0.29, 0.717) is 6.61 Å². The molecule has 0 radical (unpaired) electrons. The van der Waals surface area contributed by atoms with Gasteiger partial charge in [0, 0.05) is 17.9 Å². The van der Waals surface area contributed by atoms with E-state index in [0.717, 1.165) is 18.4 Å². The first-order valence-corrected chi connectivity index (χ1v) is 6.17. The molecule has 16 heavy (non-hydrogen) atoms. The molecule has 0 aromatic heterocycles. The quantitative estimate of drug-likeness (QED) is 0.715. The standard InChI is InChI=1S/C13H16ClFO/c1-2-11-12(14)6-7-16-13(11)9-4-3-5-10(15)8-9/h3-5,8,11-13H,2,6-7H2,1H3/t11-,12+,13+/m0/s1. The molecule has 1 aliphatic rings. The third-order valence-corrected chi connectivity index (χ3v) is 3.73. The van der Waals surface area contributed by atoms with Crippen LogP contribution in [0.25, 0.3) is 0 Å². The summed E-state index contributed by atoms with van der Waals surface area (Å²) in [6, 6.07) is 6.62. The molecular formula is C13H16ClFO. The van der Waals surface area contributed by atoms with E-state index in [1.54, 1.807) is 12.1 Å². The number of hydrogen-bond acceptors (Lipinski definition) is 1. The Balaban J connectivity index is 2.24. The lowest BCUT2D eigenvalue weighted by Gasteiger charge is -2.35. The van der Waals surface area contributed by atoms with E-state index in [2.05, 4.69) is 6.92 Å². The first-order chi connectivity index (χ1) is 7.72. The highest BCUT2D eigenvalue weighted by Gasteiger charge is 2.32. The van der Waals surface area contributed by atoms with Crippen LogP contribution in [0.5, 0.6) is 0 Å². The summed E-state index contributed by atoms with van der Waals surface area (Å²) in [5, 5.41) is 0.131. The van der Waals surface area contributed by atoms with Crippen molar-refractivity contribution in [1.82, 2.24) is 0 Å². The Kier molecular flexibility index (Phi) is 3.82. The molecule has 0 amide bonds. The van der Waals surface area contributed by atoms with E-state index >= 15 is 0 Å². The Morgan fingerprint density at radius 3 is 3.00 bits per heavy atom. The zero-order chi connectivity index (χ0) is 11.5. The molecule has 0 saturated carbocycles. The molecule has 0 spiro atoms. The second-order valence-electron chi connectivity index (χ2n) is 4.22. The first-order valence-electron chi connectivity index (χ1n) is 5.73. The van der Waals surface area contributed by atoms with Crippen LogP contribution >= 0.6 is 11.6 Å². The molecule has 1 aromatic rings. The second kappa shape index (κ2) is 5.15. The molecule has 1 nitrogen and oxygen atoms in total. The van der Waals surface area contributed by atoms with Gasteiger partial charge < -0.3 is 4.74 Å². The zero-order valence-corrected chi connectivity index (χ0v) is 10.1. The molecule has 3 heteroatoms. The Labute approximate surface area is 101 Å². The summed E-state index contributed by atoms with van der Waals surface area (Å²) in [7, 11) is 0. The van der Waals surface area contributed by atoms with Crippen molar-refractivity contribution >= 4 is 11.6 Å². The van der Waals surface area contributed by atoms with Crippen LogP contribution < -0.4 is 0 Å². The Bertz CT molecular complexity index is 356. The van der Waals surface area contributed by atoms with E-state index < -0.39 is 0 Å². The highest BCUT2D eigenvalue weighted by Crippen LogP contribution is 2.38. The van der Waals surface area contributed by atoms with E-state index in [1.165, 1.54) is 6.07 Å². The van der Waals surface area contributed by atoms with Gasteiger partial charge in [-0.2, -0.15) is 0 Å². The van der Waals surface area contributed by atoms with Crippen molar-refractivity contribution < 1.29 is 9.13 Å². The lowest BCUT2D eigenvalue weighted by Crippen LogP contribution is -2.31. The monoisotopic (exact) mass is 242 g/mol. The van der Waals surface area contributed by atoms with Gasteiger partial charge in [-0.3, -0.25) is 0 Å². The van der Waals surface area contributed by atoms with Crippen molar-refractivity contribution in [1.29, 1.82) is 0 Å². The van der Waals surface area contributed by atoms with Crippen LogP contribution in [0.2, 0.25) is 0 Å². The molecular weight excluding hydrogens is 227 g/mol. The number of halogens is 2. The van der Waals surface area contributed by atoms with Gasteiger partial charge in [0.15, 0.2) is 0 Å². The normalized spacial score (nSPS) is 30.3. The molecule has 0 unspecified atom stereocenters. The van der Waals surface area contributed by atoms with Crippen LogP contribution in [-0.2, 0) is 4.74 Å². The van der Waals surface area contributed by atoms with E-state index in [-0.39, 0.29) is 23.2 Å². The molecule has 88 valence electrons. The van der Waals surface area contributed by atoms with Crippen molar-refractivity contribution in [3.63, 3.8) is 0 Å². The Morgan fingerprint density at radius 2 is 2.31 bits per heavy atom. The number of rotatable bonds is 2. The molecule has 1 aromatic carbocycles. The van der Waals surface area contributed by atoms with Crippen molar-refractivity contribution in [3.05, 3.63) is 35.6 Å². The number of benzene rings is 1. The molecule has 1 saturated heterocycles. The van der Waals surface area contributed by atoms with Crippen molar-refractivity contribution in [2.24, 2.45) is 5.92 Å². The van der Waals surface area contributed by atoms with Gasteiger partial charge in [0.05, 0.1) is 6.10 Å². The summed E-state index contributed by atoms with van der Waals surface area (Å²) in [6.07, 6.45) is 1.78. The average Bonchev–Trinajstić information content (AvgIpc) is 2.28. The first kappa shape index (κ1) is 11.9. The number of alkyl halides is 1. The van der Waals surface area contributed by atoms with Crippen LogP contribution in [0.15, 0.2) is 24.3 Å². The van der Waals surface area contributed by atoms with Crippen LogP contribution in [0, 0.1) is 11.7 Å². The maximum absolute atomic E-state index is 13.2. The third-order valence-electron chi connectivity index (χ3n) is 3.19. The molecule has 0 aliphatic carbocycles. The van der Waals surface area contributed by atoms with E-state index in [9.17, 15) is 4.39 Å². The number of hydrogen-bond donors (Lipinski definition) is 0. The predicted molar refractivity (Wildman–Crippen MR) is 63.1 cm³/mol. The zero-order valence-electron chi connectivity index (χ0n) is 9.33. The van der Waals surface area contributed by atoms with E-state index in [1.807, 2.05) is 6.07 Å². The highest BCUT2D eigenvalue weighted by molar-refractivity contribution is 6.20. The van der Waals surface area contributed by atoms with Gasteiger partial charge in [0.2, 0.25) is 0 Å². The van der Waals surface area contributed by atoms with Crippen LogP contribution in [0.1, 0.15) is 31.4 Å². The molecule has 3 atom stereocenters. The predicted octanol–water partition coefficient (Wildman–Crippen LogP) is 3.92. The van der Waals surface area contributed by atoms with Crippen LogP contribution in [-0.4, -0.2) is 12.0 Å². The summed E-state index contributed by atoms with van der Waals surface area (Å²) in [6.45, 7) is 2.76. The fourth-order valence-corrected chi connectivity index (χ4v) is 2.73. The molecule has 0 bridgehead atoms. The lowest BCUT2D eigenvalue weighted by molar-refractivity contribution is -0.0270. The van der Waals surface area contributed by atoms with Crippen molar-refractivity contribution in [2.75, 3.05) is 6.61 Å². The fourth-order valence-electron chi connectivity index (χ4n) is 2.33. The van der Waals surface area contributed by atoms with Gasteiger partial charge in [0.1, 0.15) is 5.82 Å². The van der Waals surface area contributed by atoms with Gasteiger partial charge in [-0.15, -0.1) is 11.6 Å². The highest BCUT2D eigenvalue weighted by atomic mass is 35.5. The number of ether oxygens (including phenoxy) is 1. The van der Waals surface area contributed by atoms with Crippen LogP contribution in [0.4, 0.5) is 4.39 Å². The van der Waals surface area contributed by atoms with Crippen LogP contribution in [0.3, 0.4) is 0 Å². The summed E-state index contributed by atoms with van der Waals surface area (Å²) in [5.74, 6) is 0.0601. The minimum Gasteiger partial charge on any atom is -0.373 e. The Hall–Kier alpha value is -0.600.